The Balaban J connectivity index is 1.82. The lowest BCUT2D eigenvalue weighted by Gasteiger charge is -2.11. The van der Waals surface area contributed by atoms with Crippen LogP contribution in [0.1, 0.15) is 22.3 Å². The van der Waals surface area contributed by atoms with E-state index in [1.807, 2.05) is 57.2 Å². The third kappa shape index (κ3) is 2.75. The van der Waals surface area contributed by atoms with Crippen LogP contribution in [-0.4, -0.2) is 5.91 Å². The van der Waals surface area contributed by atoms with Crippen molar-refractivity contribution in [1.82, 2.24) is 0 Å². The third-order valence-corrected chi connectivity index (χ3v) is 3.91. The van der Waals surface area contributed by atoms with Crippen LogP contribution < -0.4 is 5.32 Å². The van der Waals surface area contributed by atoms with Gasteiger partial charge >= 0.3 is 0 Å². The topological polar surface area (TPSA) is 42.2 Å². The molecule has 1 amide bonds. The average Bonchev–Trinajstić information content (AvgIpc) is 2.85. The van der Waals surface area contributed by atoms with Crippen molar-refractivity contribution in [1.29, 1.82) is 0 Å². The highest BCUT2D eigenvalue weighted by Crippen LogP contribution is 2.24. The molecule has 2 aromatic carbocycles. The fourth-order valence-electron chi connectivity index (χ4n) is 2.70. The van der Waals surface area contributed by atoms with Crippen LogP contribution in [0.3, 0.4) is 0 Å². The van der Waals surface area contributed by atoms with Gasteiger partial charge in [-0.2, -0.15) is 0 Å². The number of hydrogen-bond acceptors (Lipinski definition) is 2. The number of furan rings is 1. The van der Waals surface area contributed by atoms with E-state index in [1.54, 1.807) is 6.26 Å². The van der Waals surface area contributed by atoms with Crippen LogP contribution in [0.5, 0.6) is 0 Å². The van der Waals surface area contributed by atoms with E-state index in [0.29, 0.717) is 6.42 Å². The van der Waals surface area contributed by atoms with E-state index < -0.39 is 0 Å². The van der Waals surface area contributed by atoms with Crippen molar-refractivity contribution >= 4 is 22.6 Å². The smallest absolute Gasteiger partial charge is 0.228 e. The largest absolute Gasteiger partial charge is 0.464 e. The second kappa shape index (κ2) is 5.68. The van der Waals surface area contributed by atoms with Crippen molar-refractivity contribution in [2.75, 3.05) is 5.32 Å². The normalized spacial score (nSPS) is 10.9. The zero-order valence-corrected chi connectivity index (χ0v) is 13.1. The fourth-order valence-corrected chi connectivity index (χ4v) is 2.70. The van der Waals surface area contributed by atoms with Gasteiger partial charge in [0.2, 0.25) is 5.91 Å². The third-order valence-electron chi connectivity index (χ3n) is 3.91. The van der Waals surface area contributed by atoms with Crippen molar-refractivity contribution in [2.45, 2.75) is 27.2 Å². The standard InChI is InChI=1S/C19H19NO2/c1-12-7-8-16-15(11-22-17(16)9-12)10-18(21)20-19-13(2)5-4-6-14(19)3/h4-9,11H,10H2,1-3H3,(H,20,21). The second-order valence-electron chi connectivity index (χ2n) is 5.75. The summed E-state index contributed by atoms with van der Waals surface area (Å²) in [4.78, 5) is 12.3. The first-order valence-corrected chi connectivity index (χ1v) is 7.37. The SMILES string of the molecule is Cc1ccc2c(CC(=O)Nc3c(C)cccc3C)coc2c1. The molecule has 0 aliphatic rings. The number of rotatable bonds is 3. The molecular formula is C19H19NO2. The minimum absolute atomic E-state index is 0.0272. The molecule has 22 heavy (non-hydrogen) atoms. The number of benzene rings is 2. The lowest BCUT2D eigenvalue weighted by Crippen LogP contribution is -2.15. The lowest BCUT2D eigenvalue weighted by atomic mass is 10.1. The van der Waals surface area contributed by atoms with E-state index in [0.717, 1.165) is 38.9 Å². The Morgan fingerprint density at radius 2 is 1.82 bits per heavy atom. The van der Waals surface area contributed by atoms with E-state index in [9.17, 15) is 4.79 Å². The van der Waals surface area contributed by atoms with Gasteiger partial charge in [0.15, 0.2) is 0 Å². The van der Waals surface area contributed by atoms with Crippen LogP contribution in [0.15, 0.2) is 47.1 Å². The van der Waals surface area contributed by atoms with Gasteiger partial charge in [0.1, 0.15) is 5.58 Å². The minimum Gasteiger partial charge on any atom is -0.464 e. The predicted molar refractivity (Wildman–Crippen MR) is 89.2 cm³/mol. The number of amides is 1. The average molecular weight is 293 g/mol. The van der Waals surface area contributed by atoms with Crippen LogP contribution in [0.25, 0.3) is 11.0 Å². The molecule has 0 radical (unpaired) electrons. The molecule has 3 heteroatoms. The van der Waals surface area contributed by atoms with Crippen molar-refractivity contribution in [3.05, 3.63) is 64.9 Å². The number of hydrogen-bond donors (Lipinski definition) is 1. The van der Waals surface area contributed by atoms with Crippen LogP contribution in [0.2, 0.25) is 0 Å². The Hall–Kier alpha value is -2.55. The molecule has 0 aliphatic heterocycles. The molecule has 3 aromatic rings. The molecule has 0 saturated heterocycles. The van der Waals surface area contributed by atoms with E-state index in [1.165, 1.54) is 0 Å². The van der Waals surface area contributed by atoms with Crippen molar-refractivity contribution in [2.24, 2.45) is 0 Å². The Kier molecular flexibility index (Phi) is 3.72. The van der Waals surface area contributed by atoms with E-state index in [2.05, 4.69) is 5.32 Å². The molecule has 112 valence electrons. The van der Waals surface area contributed by atoms with Crippen LogP contribution in [-0.2, 0) is 11.2 Å². The highest BCUT2D eigenvalue weighted by atomic mass is 16.3. The number of para-hydroxylation sites is 1. The van der Waals surface area contributed by atoms with Gasteiger partial charge in [-0.3, -0.25) is 4.79 Å². The Bertz CT molecular complexity index is 826. The Morgan fingerprint density at radius 1 is 1.09 bits per heavy atom. The molecule has 0 fully saturated rings. The molecule has 0 aliphatic carbocycles. The maximum atomic E-state index is 12.3. The van der Waals surface area contributed by atoms with Gasteiger partial charge < -0.3 is 9.73 Å². The highest BCUT2D eigenvalue weighted by molar-refractivity contribution is 5.96. The first-order valence-electron chi connectivity index (χ1n) is 7.37. The van der Waals surface area contributed by atoms with Gasteiger partial charge in [-0.1, -0.05) is 30.3 Å². The van der Waals surface area contributed by atoms with Crippen molar-refractivity contribution < 1.29 is 9.21 Å². The number of carbonyl (C=O) groups excluding carboxylic acids is 1. The first kappa shape index (κ1) is 14.4. The summed E-state index contributed by atoms with van der Waals surface area (Å²) < 4.78 is 5.55. The summed E-state index contributed by atoms with van der Waals surface area (Å²) in [6.07, 6.45) is 1.98. The van der Waals surface area contributed by atoms with E-state index in [4.69, 9.17) is 4.42 Å². The predicted octanol–water partition coefficient (Wildman–Crippen LogP) is 4.54. The van der Waals surface area contributed by atoms with Crippen LogP contribution >= 0.6 is 0 Å². The summed E-state index contributed by atoms with van der Waals surface area (Å²) in [7, 11) is 0. The van der Waals surface area contributed by atoms with Gasteiger partial charge in [-0.15, -0.1) is 0 Å². The summed E-state index contributed by atoms with van der Waals surface area (Å²) in [6.45, 7) is 6.02. The van der Waals surface area contributed by atoms with E-state index in [-0.39, 0.29) is 5.91 Å². The number of aryl methyl sites for hydroxylation is 3. The second-order valence-corrected chi connectivity index (χ2v) is 5.75. The monoisotopic (exact) mass is 293 g/mol. The highest BCUT2D eigenvalue weighted by Gasteiger charge is 2.12. The Morgan fingerprint density at radius 3 is 2.55 bits per heavy atom. The van der Waals surface area contributed by atoms with Gasteiger partial charge in [-0.25, -0.2) is 0 Å². The molecule has 0 atom stereocenters. The molecule has 0 bridgehead atoms. The summed E-state index contributed by atoms with van der Waals surface area (Å²) in [5, 5.41) is 4.01. The maximum absolute atomic E-state index is 12.3. The van der Waals surface area contributed by atoms with E-state index >= 15 is 0 Å². The number of nitrogens with one attached hydrogen (secondary N) is 1. The molecule has 0 saturated carbocycles. The molecule has 1 N–H and O–H groups in total. The lowest BCUT2D eigenvalue weighted by molar-refractivity contribution is -0.115. The summed E-state index contributed by atoms with van der Waals surface area (Å²) in [5.74, 6) is -0.0272. The van der Waals surface area contributed by atoms with Gasteiger partial charge in [0.05, 0.1) is 12.7 Å². The zero-order valence-electron chi connectivity index (χ0n) is 13.1. The molecule has 0 spiro atoms. The quantitative estimate of drug-likeness (QED) is 0.770. The molecule has 1 aromatic heterocycles. The van der Waals surface area contributed by atoms with Gasteiger partial charge in [0, 0.05) is 16.6 Å². The fraction of sp³-hybridized carbons (Fsp3) is 0.211. The van der Waals surface area contributed by atoms with Gasteiger partial charge in [0.25, 0.3) is 0 Å². The summed E-state index contributed by atoms with van der Waals surface area (Å²) in [6, 6.07) is 12.0. The molecule has 3 nitrogen and oxygen atoms in total. The molecule has 1 heterocycles. The van der Waals surface area contributed by atoms with Gasteiger partial charge in [-0.05, 0) is 43.5 Å². The molecular weight excluding hydrogens is 274 g/mol. The van der Waals surface area contributed by atoms with Crippen LogP contribution in [0.4, 0.5) is 5.69 Å². The number of anilines is 1. The Labute approximate surface area is 130 Å². The zero-order chi connectivity index (χ0) is 15.7. The minimum atomic E-state index is -0.0272. The van der Waals surface area contributed by atoms with Crippen molar-refractivity contribution in [3.8, 4) is 0 Å². The molecule has 0 unspecified atom stereocenters. The summed E-state index contributed by atoms with van der Waals surface area (Å²) >= 11 is 0. The first-order chi connectivity index (χ1) is 10.5. The summed E-state index contributed by atoms with van der Waals surface area (Å²) in [5.41, 5.74) is 5.93. The van der Waals surface area contributed by atoms with Crippen LogP contribution in [0, 0.1) is 20.8 Å². The van der Waals surface area contributed by atoms with Crippen molar-refractivity contribution in [3.63, 3.8) is 0 Å². The maximum Gasteiger partial charge on any atom is 0.228 e. The number of carbonyl (C=O) groups is 1. The number of fused-ring (bicyclic) bond motifs is 1. The molecule has 3 rings (SSSR count).